The van der Waals surface area contributed by atoms with Crippen molar-refractivity contribution in [1.82, 2.24) is 9.97 Å². The first-order chi connectivity index (χ1) is 7.59. The van der Waals surface area contributed by atoms with E-state index in [9.17, 15) is 4.79 Å². The van der Waals surface area contributed by atoms with Crippen LogP contribution in [0.3, 0.4) is 0 Å². The third kappa shape index (κ3) is 4.63. The van der Waals surface area contributed by atoms with E-state index in [4.69, 9.17) is 17.3 Å². The highest BCUT2D eigenvalue weighted by atomic mass is 35.5. The molecule has 0 radical (unpaired) electrons. The van der Waals surface area contributed by atoms with Crippen LogP contribution >= 0.6 is 23.4 Å². The van der Waals surface area contributed by atoms with E-state index in [1.807, 2.05) is 6.08 Å². The molecule has 0 aliphatic heterocycles. The van der Waals surface area contributed by atoms with Crippen molar-refractivity contribution in [3.05, 3.63) is 23.1 Å². The van der Waals surface area contributed by atoms with Crippen LogP contribution in [-0.4, -0.2) is 20.8 Å². The van der Waals surface area contributed by atoms with Gasteiger partial charge in [-0.15, -0.1) is 0 Å². The molecule has 1 heterocycles. The maximum absolute atomic E-state index is 10.7. The minimum Gasteiger partial charge on any atom is -0.382 e. The first kappa shape index (κ1) is 13.0. The van der Waals surface area contributed by atoms with Crippen LogP contribution in [0.5, 0.6) is 0 Å². The van der Waals surface area contributed by atoms with Gasteiger partial charge >= 0.3 is 0 Å². The van der Waals surface area contributed by atoms with Crippen LogP contribution in [0.1, 0.15) is 19.0 Å². The van der Waals surface area contributed by atoms with E-state index in [-0.39, 0.29) is 5.12 Å². The molecule has 6 heteroatoms. The van der Waals surface area contributed by atoms with Crippen molar-refractivity contribution in [2.24, 2.45) is 0 Å². The van der Waals surface area contributed by atoms with Crippen molar-refractivity contribution < 1.29 is 4.79 Å². The Morgan fingerprint density at radius 3 is 3.12 bits per heavy atom. The number of hydrogen-bond donors (Lipinski definition) is 1. The molecule has 16 heavy (non-hydrogen) atoms. The zero-order chi connectivity index (χ0) is 12.0. The Morgan fingerprint density at radius 1 is 1.69 bits per heavy atom. The van der Waals surface area contributed by atoms with E-state index in [0.29, 0.717) is 16.7 Å². The second kappa shape index (κ2) is 6.50. The Kier molecular flexibility index (Phi) is 5.28. The highest BCUT2D eigenvalue weighted by molar-refractivity contribution is 8.13. The van der Waals surface area contributed by atoms with Gasteiger partial charge in [-0.1, -0.05) is 29.4 Å². The van der Waals surface area contributed by atoms with Gasteiger partial charge in [0.2, 0.25) is 0 Å². The average molecular weight is 258 g/mol. The molecule has 0 spiro atoms. The van der Waals surface area contributed by atoms with Crippen LogP contribution in [-0.2, 0) is 4.79 Å². The molecule has 1 aromatic rings. The third-order valence-corrected chi connectivity index (χ3v) is 2.69. The average Bonchev–Trinajstić information content (AvgIpc) is 2.22. The van der Waals surface area contributed by atoms with Gasteiger partial charge in [-0.2, -0.15) is 0 Å². The van der Waals surface area contributed by atoms with E-state index >= 15 is 0 Å². The van der Waals surface area contributed by atoms with Crippen molar-refractivity contribution in [3.8, 4) is 0 Å². The number of halogens is 1. The Balaban J connectivity index is 2.49. The number of anilines is 1. The summed E-state index contributed by atoms with van der Waals surface area (Å²) in [5, 5.41) is 0.433. The number of aromatic nitrogens is 2. The lowest BCUT2D eigenvalue weighted by Crippen LogP contribution is -1.96. The normalized spacial score (nSPS) is 10.9. The topological polar surface area (TPSA) is 68.9 Å². The fourth-order valence-corrected chi connectivity index (χ4v) is 1.66. The molecule has 1 aromatic heterocycles. The van der Waals surface area contributed by atoms with Crippen molar-refractivity contribution in [1.29, 1.82) is 0 Å². The van der Waals surface area contributed by atoms with Crippen LogP contribution in [0, 0.1) is 0 Å². The molecule has 0 atom stereocenters. The Labute approximate surface area is 103 Å². The molecule has 2 N–H and O–H groups in total. The molecule has 0 saturated carbocycles. The number of rotatable bonds is 4. The summed E-state index contributed by atoms with van der Waals surface area (Å²) in [5.41, 5.74) is 6.17. The first-order valence-corrected chi connectivity index (χ1v) is 6.04. The molecule has 0 saturated heterocycles. The first-order valence-electron chi connectivity index (χ1n) is 4.67. The second-order valence-electron chi connectivity index (χ2n) is 2.99. The standard InChI is InChI=1S/C10H12ClN3OS/c1-7(15)16-5-3-2-4-8-10(12)13-6-9(11)14-8/h2,4,6H,3,5H2,1H3,(H2,12,13). The monoisotopic (exact) mass is 257 g/mol. The summed E-state index contributed by atoms with van der Waals surface area (Å²) in [6.07, 6.45) is 5.83. The van der Waals surface area contributed by atoms with Crippen LogP contribution < -0.4 is 5.73 Å². The molecule has 0 aliphatic carbocycles. The van der Waals surface area contributed by atoms with Gasteiger partial charge < -0.3 is 5.73 Å². The number of nitrogens with zero attached hydrogens (tertiary/aromatic N) is 2. The van der Waals surface area contributed by atoms with Gasteiger partial charge in [0.15, 0.2) is 5.12 Å². The maximum Gasteiger partial charge on any atom is 0.185 e. The van der Waals surface area contributed by atoms with Gasteiger partial charge in [0.1, 0.15) is 16.7 Å². The van der Waals surface area contributed by atoms with Crippen LogP contribution in [0.4, 0.5) is 5.82 Å². The lowest BCUT2D eigenvalue weighted by molar-refractivity contribution is -0.109. The highest BCUT2D eigenvalue weighted by Gasteiger charge is 1.99. The molecular formula is C10H12ClN3OS. The molecule has 0 fully saturated rings. The molecular weight excluding hydrogens is 246 g/mol. The summed E-state index contributed by atoms with van der Waals surface area (Å²) >= 11 is 6.98. The summed E-state index contributed by atoms with van der Waals surface area (Å²) in [7, 11) is 0. The largest absolute Gasteiger partial charge is 0.382 e. The summed E-state index contributed by atoms with van der Waals surface area (Å²) in [4.78, 5) is 18.6. The smallest absolute Gasteiger partial charge is 0.185 e. The lowest BCUT2D eigenvalue weighted by Gasteiger charge is -1.98. The fraction of sp³-hybridized carbons (Fsp3) is 0.300. The molecule has 0 aromatic carbocycles. The molecule has 0 amide bonds. The molecule has 4 nitrogen and oxygen atoms in total. The molecule has 0 unspecified atom stereocenters. The predicted molar refractivity (Wildman–Crippen MR) is 68.2 cm³/mol. The number of hydrogen-bond acceptors (Lipinski definition) is 5. The summed E-state index contributed by atoms with van der Waals surface area (Å²) in [6.45, 7) is 1.55. The minimum absolute atomic E-state index is 0.121. The molecule has 86 valence electrons. The highest BCUT2D eigenvalue weighted by Crippen LogP contribution is 2.12. The minimum atomic E-state index is 0.121. The van der Waals surface area contributed by atoms with E-state index in [0.717, 1.165) is 12.2 Å². The van der Waals surface area contributed by atoms with Gasteiger partial charge in [-0.25, -0.2) is 9.97 Å². The molecule has 0 bridgehead atoms. The number of allylic oxidation sites excluding steroid dienone is 1. The lowest BCUT2D eigenvalue weighted by atomic mass is 10.3. The number of carbonyl (C=O) groups excluding carboxylic acids is 1. The van der Waals surface area contributed by atoms with Crippen molar-refractivity contribution >= 4 is 40.4 Å². The summed E-state index contributed by atoms with van der Waals surface area (Å²) < 4.78 is 0. The van der Waals surface area contributed by atoms with Crippen LogP contribution in [0.2, 0.25) is 5.15 Å². The number of nitrogens with two attached hydrogens (primary N) is 1. The van der Waals surface area contributed by atoms with Crippen molar-refractivity contribution in [3.63, 3.8) is 0 Å². The summed E-state index contributed by atoms with van der Waals surface area (Å²) in [5.74, 6) is 1.10. The van der Waals surface area contributed by atoms with Gasteiger partial charge in [0, 0.05) is 12.7 Å². The number of thioether (sulfide) groups is 1. The van der Waals surface area contributed by atoms with E-state index in [1.54, 1.807) is 13.0 Å². The van der Waals surface area contributed by atoms with Gasteiger partial charge in [-0.3, -0.25) is 4.79 Å². The van der Waals surface area contributed by atoms with Gasteiger partial charge in [-0.05, 0) is 12.5 Å². The van der Waals surface area contributed by atoms with Crippen LogP contribution in [0.15, 0.2) is 12.3 Å². The fourth-order valence-electron chi connectivity index (χ4n) is 0.978. The second-order valence-corrected chi connectivity index (χ2v) is 4.65. The zero-order valence-corrected chi connectivity index (χ0v) is 10.4. The van der Waals surface area contributed by atoms with Gasteiger partial charge in [0.25, 0.3) is 0 Å². The predicted octanol–water partition coefficient (Wildman–Crippen LogP) is 2.40. The Hall–Kier alpha value is -1.07. The maximum atomic E-state index is 10.7. The molecule has 0 aliphatic rings. The van der Waals surface area contributed by atoms with Gasteiger partial charge in [0.05, 0.1) is 6.20 Å². The van der Waals surface area contributed by atoms with E-state index < -0.39 is 0 Å². The number of carbonyl (C=O) groups is 1. The molecule has 1 rings (SSSR count). The quantitative estimate of drug-likeness (QED) is 0.839. The van der Waals surface area contributed by atoms with Crippen LogP contribution in [0.25, 0.3) is 6.08 Å². The van der Waals surface area contributed by atoms with Crippen molar-refractivity contribution in [2.45, 2.75) is 13.3 Å². The van der Waals surface area contributed by atoms with E-state index in [1.165, 1.54) is 18.0 Å². The van der Waals surface area contributed by atoms with E-state index in [2.05, 4.69) is 9.97 Å². The Morgan fingerprint density at radius 2 is 2.44 bits per heavy atom. The van der Waals surface area contributed by atoms with Crippen molar-refractivity contribution in [2.75, 3.05) is 11.5 Å². The Bertz CT molecular complexity index is 409. The third-order valence-electron chi connectivity index (χ3n) is 1.67. The SMILES string of the molecule is CC(=O)SCCC=Cc1nc(Cl)cnc1N. The zero-order valence-electron chi connectivity index (χ0n) is 8.81. The number of nitrogen functional groups attached to an aromatic ring is 1. The summed E-state index contributed by atoms with van der Waals surface area (Å²) in [6, 6.07) is 0.